The number of aromatic nitrogens is 1. The van der Waals surface area contributed by atoms with Crippen molar-refractivity contribution in [3.05, 3.63) is 22.9 Å². The van der Waals surface area contributed by atoms with Gasteiger partial charge in [0, 0.05) is 18.8 Å². The summed E-state index contributed by atoms with van der Waals surface area (Å²) < 4.78 is 0. The predicted molar refractivity (Wildman–Crippen MR) is 82.5 cm³/mol. The Kier molecular flexibility index (Phi) is 3.64. The van der Waals surface area contributed by atoms with E-state index in [9.17, 15) is 0 Å². The highest BCUT2D eigenvalue weighted by Gasteiger charge is 2.23. The van der Waals surface area contributed by atoms with Gasteiger partial charge in [-0.1, -0.05) is 6.92 Å². The van der Waals surface area contributed by atoms with E-state index in [1.165, 1.54) is 36.9 Å². The molecule has 0 spiro atoms. The van der Waals surface area contributed by atoms with Gasteiger partial charge < -0.3 is 10.6 Å². The van der Waals surface area contributed by atoms with Crippen molar-refractivity contribution in [2.24, 2.45) is 11.7 Å². The van der Waals surface area contributed by atoms with E-state index in [-0.39, 0.29) is 5.84 Å². The van der Waals surface area contributed by atoms with Gasteiger partial charge in [-0.25, -0.2) is 4.98 Å². The first kappa shape index (κ1) is 13.4. The number of nitrogen functional groups attached to an aromatic ring is 1. The summed E-state index contributed by atoms with van der Waals surface area (Å²) in [6, 6.07) is 2.12. The van der Waals surface area contributed by atoms with Gasteiger partial charge in [0.15, 0.2) is 0 Å². The molecule has 0 aromatic carbocycles. The first-order valence-corrected chi connectivity index (χ1v) is 7.77. The van der Waals surface area contributed by atoms with Crippen LogP contribution in [0.3, 0.4) is 0 Å². The second-order valence-electron chi connectivity index (χ2n) is 6.26. The van der Waals surface area contributed by atoms with Crippen LogP contribution in [-0.4, -0.2) is 23.9 Å². The molecule has 2 aliphatic rings. The molecule has 3 rings (SSSR count). The first-order valence-electron chi connectivity index (χ1n) is 7.77. The Hall–Kier alpha value is -1.58. The molecule has 1 saturated heterocycles. The van der Waals surface area contributed by atoms with Gasteiger partial charge in [0.05, 0.1) is 5.56 Å². The number of rotatable bonds is 2. The first-order chi connectivity index (χ1) is 9.65. The number of pyridine rings is 1. The topological polar surface area (TPSA) is 66.0 Å². The van der Waals surface area contributed by atoms with Crippen molar-refractivity contribution in [3.8, 4) is 0 Å². The van der Waals surface area contributed by atoms with Crippen LogP contribution in [0.1, 0.15) is 49.4 Å². The molecule has 1 aromatic rings. The van der Waals surface area contributed by atoms with E-state index < -0.39 is 0 Å². The lowest BCUT2D eigenvalue weighted by atomic mass is 9.93. The fourth-order valence-corrected chi connectivity index (χ4v) is 3.28. The molecule has 0 bridgehead atoms. The Morgan fingerprint density at radius 2 is 2.00 bits per heavy atom. The molecule has 0 atom stereocenters. The number of nitrogens with one attached hydrogen (secondary N) is 1. The van der Waals surface area contributed by atoms with Crippen LogP contribution in [0.15, 0.2) is 6.07 Å². The van der Waals surface area contributed by atoms with Crippen LogP contribution in [-0.2, 0) is 12.8 Å². The molecule has 1 aliphatic carbocycles. The maximum absolute atomic E-state index is 7.86. The monoisotopic (exact) mass is 272 g/mol. The minimum absolute atomic E-state index is 0.152. The summed E-state index contributed by atoms with van der Waals surface area (Å²) >= 11 is 0. The third kappa shape index (κ3) is 2.51. The van der Waals surface area contributed by atoms with Crippen LogP contribution < -0.4 is 10.6 Å². The van der Waals surface area contributed by atoms with E-state index in [0.29, 0.717) is 0 Å². The molecule has 0 saturated carbocycles. The van der Waals surface area contributed by atoms with E-state index >= 15 is 0 Å². The van der Waals surface area contributed by atoms with Crippen LogP contribution in [0, 0.1) is 11.3 Å². The highest BCUT2D eigenvalue weighted by Crippen LogP contribution is 2.29. The van der Waals surface area contributed by atoms with Gasteiger partial charge in [-0.15, -0.1) is 0 Å². The van der Waals surface area contributed by atoms with Gasteiger partial charge in [-0.3, -0.25) is 5.41 Å². The number of hydrogen-bond donors (Lipinski definition) is 2. The van der Waals surface area contributed by atoms with Crippen molar-refractivity contribution in [2.75, 3.05) is 18.0 Å². The number of aryl methyl sites for hydroxylation is 2. The quantitative estimate of drug-likeness (QED) is 0.642. The molecular formula is C16H24N4. The van der Waals surface area contributed by atoms with Gasteiger partial charge >= 0.3 is 0 Å². The van der Waals surface area contributed by atoms with Crippen molar-refractivity contribution in [2.45, 2.75) is 45.4 Å². The van der Waals surface area contributed by atoms with E-state index in [2.05, 4.69) is 17.9 Å². The third-order valence-corrected chi connectivity index (χ3v) is 4.65. The number of nitrogens with zero attached hydrogens (tertiary/aromatic N) is 2. The molecule has 0 unspecified atom stereocenters. The highest BCUT2D eigenvalue weighted by atomic mass is 15.2. The molecule has 4 nitrogen and oxygen atoms in total. The van der Waals surface area contributed by atoms with Crippen LogP contribution in [0.5, 0.6) is 0 Å². The van der Waals surface area contributed by atoms with Crippen LogP contribution >= 0.6 is 0 Å². The fourth-order valence-electron chi connectivity index (χ4n) is 3.28. The number of amidine groups is 1. The minimum Gasteiger partial charge on any atom is -0.384 e. The Balaban J connectivity index is 1.97. The highest BCUT2D eigenvalue weighted by molar-refractivity contribution is 5.99. The molecule has 1 aromatic heterocycles. The standard InChI is InChI=1S/C16H24N4/c1-11-6-8-20(9-7-11)16-13(15(17)18)10-12-4-2-3-5-14(12)19-16/h10-11H,2-9H2,1H3,(H3,17,18). The van der Waals surface area contributed by atoms with E-state index in [1.54, 1.807) is 0 Å². The van der Waals surface area contributed by atoms with Crippen molar-refractivity contribution >= 4 is 11.7 Å². The molecule has 2 heterocycles. The molecular weight excluding hydrogens is 248 g/mol. The summed E-state index contributed by atoms with van der Waals surface area (Å²) in [5.41, 5.74) is 9.16. The lowest BCUT2D eigenvalue weighted by Gasteiger charge is -2.33. The van der Waals surface area contributed by atoms with Gasteiger partial charge in [0.1, 0.15) is 11.7 Å². The Morgan fingerprint density at radius 1 is 1.30 bits per heavy atom. The van der Waals surface area contributed by atoms with Crippen molar-refractivity contribution in [1.29, 1.82) is 5.41 Å². The number of hydrogen-bond acceptors (Lipinski definition) is 3. The zero-order chi connectivity index (χ0) is 14.1. The van der Waals surface area contributed by atoms with Gasteiger partial charge in [-0.2, -0.15) is 0 Å². The number of nitrogens with two attached hydrogens (primary N) is 1. The van der Waals surface area contributed by atoms with E-state index in [4.69, 9.17) is 16.1 Å². The number of fused-ring (bicyclic) bond motifs is 1. The lowest BCUT2D eigenvalue weighted by Crippen LogP contribution is -2.35. The van der Waals surface area contributed by atoms with E-state index in [1.807, 2.05) is 0 Å². The molecule has 4 heteroatoms. The van der Waals surface area contributed by atoms with Crippen LogP contribution in [0.4, 0.5) is 5.82 Å². The number of piperidine rings is 1. The predicted octanol–water partition coefficient (Wildman–Crippen LogP) is 2.48. The van der Waals surface area contributed by atoms with Crippen molar-refractivity contribution in [3.63, 3.8) is 0 Å². The smallest absolute Gasteiger partial charge is 0.139 e. The molecule has 1 aliphatic heterocycles. The zero-order valence-corrected chi connectivity index (χ0v) is 12.3. The lowest BCUT2D eigenvalue weighted by molar-refractivity contribution is 0.436. The summed E-state index contributed by atoms with van der Waals surface area (Å²) in [5.74, 6) is 1.90. The van der Waals surface area contributed by atoms with Crippen molar-refractivity contribution in [1.82, 2.24) is 4.98 Å². The molecule has 1 fully saturated rings. The van der Waals surface area contributed by atoms with Gasteiger partial charge in [-0.05, 0) is 56.1 Å². The average Bonchev–Trinajstić information content (AvgIpc) is 2.46. The summed E-state index contributed by atoms with van der Waals surface area (Å²) in [4.78, 5) is 7.21. The number of anilines is 1. The van der Waals surface area contributed by atoms with Gasteiger partial charge in [0.25, 0.3) is 0 Å². The second kappa shape index (κ2) is 5.43. The second-order valence-corrected chi connectivity index (χ2v) is 6.26. The third-order valence-electron chi connectivity index (χ3n) is 4.65. The Morgan fingerprint density at radius 3 is 2.70 bits per heavy atom. The Bertz CT molecular complexity index is 515. The van der Waals surface area contributed by atoms with Crippen molar-refractivity contribution < 1.29 is 0 Å². The van der Waals surface area contributed by atoms with Crippen LogP contribution in [0.25, 0.3) is 0 Å². The van der Waals surface area contributed by atoms with Crippen LogP contribution in [0.2, 0.25) is 0 Å². The molecule has 3 N–H and O–H groups in total. The zero-order valence-electron chi connectivity index (χ0n) is 12.3. The molecule has 20 heavy (non-hydrogen) atoms. The maximum Gasteiger partial charge on any atom is 0.139 e. The van der Waals surface area contributed by atoms with E-state index in [0.717, 1.165) is 43.2 Å². The summed E-state index contributed by atoms with van der Waals surface area (Å²) in [7, 11) is 0. The minimum atomic E-state index is 0.152. The molecule has 108 valence electrons. The molecule has 0 radical (unpaired) electrons. The SMILES string of the molecule is CC1CCN(c2nc3c(cc2C(=N)N)CCCC3)CC1. The Labute approximate surface area is 120 Å². The maximum atomic E-state index is 7.86. The van der Waals surface area contributed by atoms with Gasteiger partial charge in [0.2, 0.25) is 0 Å². The molecule has 0 amide bonds. The summed E-state index contributed by atoms with van der Waals surface area (Å²) in [6.45, 7) is 4.38. The normalized spacial score (nSPS) is 19.8. The fraction of sp³-hybridized carbons (Fsp3) is 0.625. The summed E-state index contributed by atoms with van der Waals surface area (Å²) in [5, 5.41) is 7.86. The largest absolute Gasteiger partial charge is 0.384 e. The average molecular weight is 272 g/mol. The summed E-state index contributed by atoms with van der Waals surface area (Å²) in [6.07, 6.45) is 7.03.